The second-order valence-electron chi connectivity index (χ2n) is 4.59. The van der Waals surface area contributed by atoms with Crippen molar-refractivity contribution in [2.75, 3.05) is 6.54 Å². The maximum atomic E-state index is 11.9. The normalized spacial score (nSPS) is 10.5. The molecule has 1 N–H and O–H groups in total. The zero-order valence-corrected chi connectivity index (χ0v) is 12.7. The van der Waals surface area contributed by atoms with Crippen LogP contribution in [-0.2, 0) is 6.42 Å². The van der Waals surface area contributed by atoms with Gasteiger partial charge in [-0.25, -0.2) is 9.97 Å². The van der Waals surface area contributed by atoms with E-state index in [2.05, 4.69) is 25.5 Å². The van der Waals surface area contributed by atoms with Crippen molar-refractivity contribution >= 4 is 17.5 Å². The first-order chi connectivity index (χ1) is 11.2. The molecule has 0 aliphatic rings. The molecule has 1 aromatic carbocycles. The Bertz CT molecular complexity index is 806. The lowest BCUT2D eigenvalue weighted by Crippen LogP contribution is -2.27. The van der Waals surface area contributed by atoms with E-state index in [4.69, 9.17) is 16.0 Å². The Hall–Kier alpha value is -2.80. The maximum Gasteiger partial charge on any atom is 0.271 e. The number of hydrogen-bond donors (Lipinski definition) is 1. The summed E-state index contributed by atoms with van der Waals surface area (Å²) in [6.45, 7) is 0.329. The molecule has 0 bridgehead atoms. The second-order valence-corrected chi connectivity index (χ2v) is 5.00. The molecule has 1 amide bonds. The van der Waals surface area contributed by atoms with Crippen molar-refractivity contribution in [1.29, 1.82) is 0 Å². The molecule has 8 heteroatoms. The van der Waals surface area contributed by atoms with Crippen molar-refractivity contribution in [3.63, 3.8) is 0 Å². The fraction of sp³-hybridized carbons (Fsp3) is 0.133. The fourth-order valence-electron chi connectivity index (χ4n) is 1.90. The second kappa shape index (κ2) is 6.97. The largest absolute Gasteiger partial charge is 0.421 e. The molecular weight excluding hydrogens is 318 g/mol. The molecule has 23 heavy (non-hydrogen) atoms. The minimum Gasteiger partial charge on any atom is -0.421 e. The van der Waals surface area contributed by atoms with E-state index in [9.17, 15) is 4.79 Å². The van der Waals surface area contributed by atoms with Crippen molar-refractivity contribution in [2.24, 2.45) is 0 Å². The molecule has 7 nitrogen and oxygen atoms in total. The molecule has 0 fully saturated rings. The molecular formula is C15H12ClN5O2. The van der Waals surface area contributed by atoms with Crippen molar-refractivity contribution in [3.05, 3.63) is 59.5 Å². The van der Waals surface area contributed by atoms with Gasteiger partial charge in [0, 0.05) is 24.7 Å². The first kappa shape index (κ1) is 15.1. The summed E-state index contributed by atoms with van der Waals surface area (Å²) in [7, 11) is 0. The minimum atomic E-state index is -0.375. The van der Waals surface area contributed by atoms with Crippen LogP contribution in [0.1, 0.15) is 16.4 Å². The van der Waals surface area contributed by atoms with E-state index in [0.29, 0.717) is 24.7 Å². The third-order valence-corrected chi connectivity index (χ3v) is 3.27. The molecule has 0 saturated heterocycles. The molecule has 2 aromatic heterocycles. The monoisotopic (exact) mass is 329 g/mol. The first-order valence-electron chi connectivity index (χ1n) is 6.85. The summed E-state index contributed by atoms with van der Waals surface area (Å²) in [4.78, 5) is 19.5. The van der Waals surface area contributed by atoms with E-state index in [1.54, 1.807) is 0 Å². The van der Waals surface area contributed by atoms with Gasteiger partial charge in [-0.15, -0.1) is 10.2 Å². The lowest BCUT2D eigenvalue weighted by Gasteiger charge is -2.03. The van der Waals surface area contributed by atoms with E-state index >= 15 is 0 Å². The Morgan fingerprint density at radius 3 is 2.83 bits per heavy atom. The molecule has 0 radical (unpaired) electrons. The van der Waals surface area contributed by atoms with E-state index in [-0.39, 0.29) is 16.6 Å². The SMILES string of the molecule is O=C(NCCc1nnc(-c2ccccc2)o1)c1ncncc1Cl. The van der Waals surface area contributed by atoms with Gasteiger partial charge in [0.05, 0.1) is 5.02 Å². The van der Waals surface area contributed by atoms with E-state index in [1.165, 1.54) is 12.5 Å². The van der Waals surface area contributed by atoms with Gasteiger partial charge in [0.25, 0.3) is 5.91 Å². The number of hydrogen-bond acceptors (Lipinski definition) is 6. The molecule has 3 aromatic rings. The summed E-state index contributed by atoms with van der Waals surface area (Å²) in [6.07, 6.45) is 3.05. The highest BCUT2D eigenvalue weighted by atomic mass is 35.5. The van der Waals surface area contributed by atoms with Gasteiger partial charge in [0.1, 0.15) is 12.0 Å². The van der Waals surface area contributed by atoms with Gasteiger partial charge in [-0.3, -0.25) is 4.79 Å². The number of aromatic nitrogens is 4. The number of carbonyl (C=O) groups is 1. The smallest absolute Gasteiger partial charge is 0.271 e. The number of rotatable bonds is 5. The summed E-state index contributed by atoms with van der Waals surface area (Å²) in [5.74, 6) is 0.518. The van der Waals surface area contributed by atoms with Crippen molar-refractivity contribution in [2.45, 2.75) is 6.42 Å². The summed E-state index contributed by atoms with van der Waals surface area (Å²) in [6, 6.07) is 9.47. The lowest BCUT2D eigenvalue weighted by molar-refractivity contribution is 0.0948. The molecule has 2 heterocycles. The van der Waals surface area contributed by atoms with Crippen LogP contribution in [0.4, 0.5) is 0 Å². The predicted octanol–water partition coefficient (Wildman–Crippen LogP) is 2.15. The Morgan fingerprint density at radius 1 is 1.22 bits per heavy atom. The maximum absolute atomic E-state index is 11.9. The van der Waals surface area contributed by atoms with Gasteiger partial charge in [-0.05, 0) is 12.1 Å². The number of nitrogens with one attached hydrogen (secondary N) is 1. The van der Waals surface area contributed by atoms with Crippen LogP contribution in [0.2, 0.25) is 5.02 Å². The Morgan fingerprint density at radius 2 is 2.04 bits per heavy atom. The zero-order valence-electron chi connectivity index (χ0n) is 11.9. The van der Waals surface area contributed by atoms with Crippen LogP contribution in [0, 0.1) is 0 Å². The van der Waals surface area contributed by atoms with Crippen molar-refractivity contribution in [1.82, 2.24) is 25.5 Å². The summed E-state index contributed by atoms with van der Waals surface area (Å²) < 4.78 is 5.56. The van der Waals surface area contributed by atoms with Gasteiger partial charge in [-0.1, -0.05) is 29.8 Å². The number of benzene rings is 1. The highest BCUT2D eigenvalue weighted by Crippen LogP contribution is 2.17. The average molecular weight is 330 g/mol. The van der Waals surface area contributed by atoms with E-state index < -0.39 is 0 Å². The molecule has 0 unspecified atom stereocenters. The lowest BCUT2D eigenvalue weighted by atomic mass is 10.2. The third-order valence-electron chi connectivity index (χ3n) is 2.99. The molecule has 0 aliphatic heterocycles. The Labute approximate surface area is 136 Å². The summed E-state index contributed by atoms with van der Waals surface area (Å²) in [5, 5.41) is 10.8. The topological polar surface area (TPSA) is 93.8 Å². The van der Waals surface area contributed by atoms with Gasteiger partial charge in [0.2, 0.25) is 11.8 Å². The van der Waals surface area contributed by atoms with E-state index in [0.717, 1.165) is 5.56 Å². The van der Waals surface area contributed by atoms with Gasteiger partial charge >= 0.3 is 0 Å². The summed E-state index contributed by atoms with van der Waals surface area (Å²) >= 11 is 5.86. The number of amides is 1. The first-order valence-corrected chi connectivity index (χ1v) is 7.23. The zero-order chi connectivity index (χ0) is 16.1. The van der Waals surface area contributed by atoms with Crippen LogP contribution < -0.4 is 5.32 Å². The molecule has 0 atom stereocenters. The molecule has 3 rings (SSSR count). The molecule has 0 aliphatic carbocycles. The number of carbonyl (C=O) groups excluding carboxylic acids is 1. The molecule has 0 saturated carbocycles. The molecule has 0 spiro atoms. The minimum absolute atomic E-state index is 0.136. The van der Waals surface area contributed by atoms with Crippen LogP contribution in [0.25, 0.3) is 11.5 Å². The van der Waals surface area contributed by atoms with Gasteiger partial charge in [0.15, 0.2) is 0 Å². The van der Waals surface area contributed by atoms with Crippen LogP contribution in [0.3, 0.4) is 0 Å². The highest BCUT2D eigenvalue weighted by Gasteiger charge is 2.12. The van der Waals surface area contributed by atoms with Crippen LogP contribution in [-0.4, -0.2) is 32.6 Å². The number of halogens is 1. The standard InChI is InChI=1S/C15H12ClN5O2/c16-11-8-17-9-19-13(11)14(22)18-7-6-12-20-21-15(23-12)10-4-2-1-3-5-10/h1-5,8-9H,6-7H2,(H,18,22). The van der Waals surface area contributed by atoms with Crippen molar-refractivity contribution < 1.29 is 9.21 Å². The average Bonchev–Trinajstić information content (AvgIpc) is 3.05. The number of nitrogens with zero attached hydrogens (tertiary/aromatic N) is 4. The molecule has 116 valence electrons. The van der Waals surface area contributed by atoms with Crippen LogP contribution in [0.15, 0.2) is 47.3 Å². The predicted molar refractivity (Wildman–Crippen MR) is 82.8 cm³/mol. The van der Waals surface area contributed by atoms with Gasteiger partial charge in [-0.2, -0.15) is 0 Å². The Balaban J connectivity index is 1.56. The fourth-order valence-corrected chi connectivity index (χ4v) is 2.09. The Kier molecular flexibility index (Phi) is 4.58. The van der Waals surface area contributed by atoms with E-state index in [1.807, 2.05) is 30.3 Å². The van der Waals surface area contributed by atoms with Crippen molar-refractivity contribution in [3.8, 4) is 11.5 Å². The van der Waals surface area contributed by atoms with Crippen LogP contribution in [0.5, 0.6) is 0 Å². The van der Waals surface area contributed by atoms with Crippen LogP contribution >= 0.6 is 11.6 Å². The quantitative estimate of drug-likeness (QED) is 0.770. The van der Waals surface area contributed by atoms with Gasteiger partial charge < -0.3 is 9.73 Å². The summed E-state index contributed by atoms with van der Waals surface area (Å²) in [5.41, 5.74) is 0.986. The highest BCUT2D eigenvalue weighted by molar-refractivity contribution is 6.33. The third kappa shape index (κ3) is 3.70.